The summed E-state index contributed by atoms with van der Waals surface area (Å²) < 4.78 is 0.887. The zero-order chi connectivity index (χ0) is 14.0. The second kappa shape index (κ2) is 6.42. The first-order chi connectivity index (χ1) is 8.97. The fourth-order valence-corrected chi connectivity index (χ4v) is 2.92. The molecule has 2 aromatic rings. The van der Waals surface area contributed by atoms with Crippen molar-refractivity contribution in [1.82, 2.24) is 4.98 Å². The summed E-state index contributed by atoms with van der Waals surface area (Å²) in [6, 6.07) is 7.04. The summed E-state index contributed by atoms with van der Waals surface area (Å²) in [5.74, 6) is 0. The molecule has 100 valence electrons. The van der Waals surface area contributed by atoms with Gasteiger partial charge in [0.2, 0.25) is 0 Å². The lowest BCUT2D eigenvalue weighted by atomic mass is 10.1. The quantitative estimate of drug-likeness (QED) is 0.804. The maximum atomic E-state index is 10.2. The Hall–Kier alpha value is -0.320. The smallest absolute Gasteiger partial charge is 0.102 e. The Morgan fingerprint density at radius 1 is 1.16 bits per heavy atom. The van der Waals surface area contributed by atoms with Crippen LogP contribution in [0.4, 0.5) is 0 Å². The van der Waals surface area contributed by atoms with Crippen molar-refractivity contribution < 1.29 is 5.11 Å². The Kier molecular flexibility index (Phi) is 5.09. The summed E-state index contributed by atoms with van der Waals surface area (Å²) >= 11 is 21.2. The van der Waals surface area contributed by atoms with Gasteiger partial charge in [-0.2, -0.15) is 0 Å². The zero-order valence-corrected chi connectivity index (χ0v) is 13.4. The van der Waals surface area contributed by atoms with E-state index in [2.05, 4.69) is 20.9 Å². The van der Waals surface area contributed by atoms with E-state index in [1.54, 1.807) is 12.1 Å². The van der Waals surface area contributed by atoms with E-state index in [-0.39, 0.29) is 0 Å². The number of rotatable bonds is 3. The molecule has 2 nitrogen and oxygen atoms in total. The molecule has 0 aliphatic heterocycles. The number of aliphatic hydroxyl groups is 1. The lowest BCUT2D eigenvalue weighted by Crippen LogP contribution is -2.05. The van der Waals surface area contributed by atoms with Gasteiger partial charge in [-0.3, -0.25) is 4.98 Å². The van der Waals surface area contributed by atoms with Gasteiger partial charge in [-0.25, -0.2) is 0 Å². The van der Waals surface area contributed by atoms with E-state index in [1.165, 1.54) is 6.20 Å². The third-order valence-electron chi connectivity index (χ3n) is 2.58. The van der Waals surface area contributed by atoms with Gasteiger partial charge in [0.05, 0.1) is 15.7 Å². The number of halogens is 4. The van der Waals surface area contributed by atoms with Gasteiger partial charge in [0.25, 0.3) is 0 Å². The molecule has 1 aromatic heterocycles. The molecule has 0 aliphatic carbocycles. The molecule has 19 heavy (non-hydrogen) atoms. The first-order valence-corrected chi connectivity index (χ1v) is 7.33. The molecule has 0 saturated carbocycles. The topological polar surface area (TPSA) is 33.1 Å². The van der Waals surface area contributed by atoms with Gasteiger partial charge in [0.15, 0.2) is 0 Å². The molecule has 0 saturated heterocycles. The van der Waals surface area contributed by atoms with Crippen molar-refractivity contribution in [3.8, 4) is 0 Å². The van der Waals surface area contributed by atoms with Crippen molar-refractivity contribution in [1.29, 1.82) is 0 Å². The Morgan fingerprint density at radius 2 is 1.89 bits per heavy atom. The number of benzene rings is 1. The van der Waals surface area contributed by atoms with E-state index in [9.17, 15) is 5.11 Å². The highest BCUT2D eigenvalue weighted by Gasteiger charge is 2.16. The minimum absolute atomic E-state index is 0.334. The molecule has 1 unspecified atom stereocenters. The van der Waals surface area contributed by atoms with Crippen LogP contribution in [0.3, 0.4) is 0 Å². The van der Waals surface area contributed by atoms with Crippen LogP contribution >= 0.6 is 50.7 Å². The number of aliphatic hydroxyl groups excluding tert-OH is 1. The average Bonchev–Trinajstić information content (AvgIpc) is 2.32. The van der Waals surface area contributed by atoms with Crippen LogP contribution in [0.2, 0.25) is 15.1 Å². The van der Waals surface area contributed by atoms with Crippen LogP contribution < -0.4 is 0 Å². The third-order valence-corrected chi connectivity index (χ3v) is 3.93. The van der Waals surface area contributed by atoms with Crippen molar-refractivity contribution in [2.24, 2.45) is 0 Å². The standard InChI is InChI=1S/C13H9BrCl3NO/c14-8-2-1-7(10(16)4-8)3-12(19)13-11(17)5-9(15)6-18-13/h1-2,4-6,12,19H,3H2. The predicted octanol–water partition coefficient (Wildman–Crippen LogP) is 5.08. The molecule has 0 radical (unpaired) electrons. The summed E-state index contributed by atoms with van der Waals surface area (Å²) in [4.78, 5) is 4.05. The lowest BCUT2D eigenvalue weighted by Gasteiger charge is -2.13. The predicted molar refractivity (Wildman–Crippen MR) is 82.1 cm³/mol. The Balaban J connectivity index is 2.23. The van der Waals surface area contributed by atoms with E-state index in [0.717, 1.165) is 10.0 Å². The van der Waals surface area contributed by atoms with Crippen molar-refractivity contribution in [2.45, 2.75) is 12.5 Å². The van der Waals surface area contributed by atoms with E-state index in [1.807, 2.05) is 12.1 Å². The Labute approximate surface area is 134 Å². The maximum Gasteiger partial charge on any atom is 0.102 e. The summed E-state index contributed by atoms with van der Waals surface area (Å²) in [6.45, 7) is 0. The minimum atomic E-state index is -0.830. The van der Waals surface area contributed by atoms with Crippen LogP contribution in [0.15, 0.2) is 34.9 Å². The average molecular weight is 381 g/mol. The molecule has 0 amide bonds. The monoisotopic (exact) mass is 379 g/mol. The molecule has 0 spiro atoms. The molecule has 1 heterocycles. The molecule has 0 bridgehead atoms. The molecule has 1 N–H and O–H groups in total. The summed E-state index contributed by atoms with van der Waals surface area (Å²) in [7, 11) is 0. The van der Waals surface area contributed by atoms with Crippen molar-refractivity contribution in [2.75, 3.05) is 0 Å². The number of hydrogen-bond donors (Lipinski definition) is 1. The van der Waals surface area contributed by atoms with Gasteiger partial charge in [-0.15, -0.1) is 0 Å². The fraction of sp³-hybridized carbons (Fsp3) is 0.154. The molecule has 2 rings (SSSR count). The highest BCUT2D eigenvalue weighted by Crippen LogP contribution is 2.29. The zero-order valence-electron chi connectivity index (χ0n) is 9.58. The highest BCUT2D eigenvalue weighted by molar-refractivity contribution is 9.10. The van der Waals surface area contributed by atoms with E-state index >= 15 is 0 Å². The molecule has 0 aliphatic rings. The van der Waals surface area contributed by atoms with Crippen LogP contribution in [-0.2, 0) is 6.42 Å². The van der Waals surface area contributed by atoms with Crippen LogP contribution in [0.1, 0.15) is 17.4 Å². The van der Waals surface area contributed by atoms with E-state index < -0.39 is 6.10 Å². The lowest BCUT2D eigenvalue weighted by molar-refractivity contribution is 0.174. The molecule has 6 heteroatoms. The number of nitrogens with zero attached hydrogens (tertiary/aromatic N) is 1. The van der Waals surface area contributed by atoms with Crippen LogP contribution in [0, 0.1) is 0 Å². The fourth-order valence-electron chi connectivity index (χ4n) is 1.66. The molecule has 1 atom stereocenters. The first kappa shape index (κ1) is 15.1. The third kappa shape index (κ3) is 3.83. The van der Waals surface area contributed by atoms with E-state index in [0.29, 0.717) is 27.2 Å². The number of aromatic nitrogens is 1. The second-order valence-electron chi connectivity index (χ2n) is 3.98. The maximum absolute atomic E-state index is 10.2. The van der Waals surface area contributed by atoms with Gasteiger partial charge < -0.3 is 5.11 Å². The Bertz CT molecular complexity index is 606. The van der Waals surface area contributed by atoms with Crippen LogP contribution in [-0.4, -0.2) is 10.1 Å². The number of hydrogen-bond acceptors (Lipinski definition) is 2. The van der Waals surface area contributed by atoms with Crippen molar-refractivity contribution in [3.63, 3.8) is 0 Å². The van der Waals surface area contributed by atoms with Crippen molar-refractivity contribution >= 4 is 50.7 Å². The molecule has 0 fully saturated rings. The van der Waals surface area contributed by atoms with E-state index in [4.69, 9.17) is 34.8 Å². The normalized spacial score (nSPS) is 12.5. The van der Waals surface area contributed by atoms with Crippen LogP contribution in [0.5, 0.6) is 0 Å². The second-order valence-corrected chi connectivity index (χ2v) is 6.14. The van der Waals surface area contributed by atoms with Gasteiger partial charge in [0.1, 0.15) is 6.10 Å². The summed E-state index contributed by atoms with van der Waals surface area (Å²) in [6.07, 6.45) is 0.957. The van der Waals surface area contributed by atoms with Gasteiger partial charge in [-0.05, 0) is 23.8 Å². The molecular formula is C13H9BrCl3NO. The minimum Gasteiger partial charge on any atom is -0.386 e. The number of pyridine rings is 1. The van der Waals surface area contributed by atoms with Gasteiger partial charge in [-0.1, -0.05) is 56.8 Å². The molecular weight excluding hydrogens is 372 g/mol. The van der Waals surface area contributed by atoms with Gasteiger partial charge in [0, 0.05) is 22.1 Å². The van der Waals surface area contributed by atoms with Crippen molar-refractivity contribution in [3.05, 3.63) is 61.3 Å². The summed E-state index contributed by atoms with van der Waals surface area (Å²) in [5, 5.41) is 11.5. The SMILES string of the molecule is OC(Cc1ccc(Br)cc1Cl)c1ncc(Cl)cc1Cl. The summed E-state index contributed by atoms with van der Waals surface area (Å²) in [5.41, 5.74) is 1.22. The highest BCUT2D eigenvalue weighted by atomic mass is 79.9. The van der Waals surface area contributed by atoms with Gasteiger partial charge >= 0.3 is 0 Å². The largest absolute Gasteiger partial charge is 0.386 e. The van der Waals surface area contributed by atoms with Crippen LogP contribution in [0.25, 0.3) is 0 Å². The first-order valence-electron chi connectivity index (χ1n) is 5.40. The Morgan fingerprint density at radius 3 is 2.53 bits per heavy atom. The molecule has 1 aromatic carbocycles.